The molecule has 3 heteroatoms. The molecule has 80 heavy (non-hydrogen) atoms. The molecule has 3 nitrogen and oxygen atoms in total. The van der Waals surface area contributed by atoms with Gasteiger partial charge in [0.15, 0.2) is 0 Å². The van der Waals surface area contributed by atoms with Crippen LogP contribution >= 0.6 is 0 Å². The lowest BCUT2D eigenvalue weighted by molar-refractivity contribution is 0.793. The molecule has 0 saturated heterocycles. The predicted molar refractivity (Wildman–Crippen MR) is 335 cm³/mol. The van der Waals surface area contributed by atoms with Crippen molar-refractivity contribution in [2.24, 2.45) is 0 Å². The summed E-state index contributed by atoms with van der Waals surface area (Å²) in [6.07, 6.45) is 0. The largest absolute Gasteiger partial charge is 0.310 e. The first-order valence-electron chi connectivity index (χ1n) is 29.3. The molecule has 14 aromatic rings. The van der Waals surface area contributed by atoms with E-state index in [2.05, 4.69) is 228 Å². The average Bonchev–Trinajstić information content (AvgIpc) is 1.54. The molecule has 1 aromatic heterocycles. The summed E-state index contributed by atoms with van der Waals surface area (Å²) in [6, 6.07) is 99.0. The van der Waals surface area contributed by atoms with Crippen LogP contribution in [-0.4, -0.2) is 4.57 Å². The fourth-order valence-corrected chi connectivity index (χ4v) is 13.4. The highest BCUT2D eigenvalue weighted by Gasteiger charge is 2.51. The summed E-state index contributed by atoms with van der Waals surface area (Å²) < 4.78 is 42.9. The molecule has 1 heterocycles. The van der Waals surface area contributed by atoms with Crippen molar-refractivity contribution in [3.05, 3.63) is 332 Å². The van der Waals surface area contributed by atoms with Crippen LogP contribution in [-0.2, 0) is 5.41 Å². The molecule has 0 fully saturated rings. The van der Waals surface area contributed by atoms with Crippen LogP contribution < -0.4 is 9.80 Å². The van der Waals surface area contributed by atoms with E-state index in [1.165, 1.54) is 33.4 Å². The number of aromatic nitrogens is 1. The fourth-order valence-electron chi connectivity index (χ4n) is 13.4. The number of benzene rings is 13. The predicted octanol–water partition coefficient (Wildman–Crippen LogP) is 20.6. The molecular formula is C77H51N3. The zero-order chi connectivity index (χ0) is 56.2. The van der Waals surface area contributed by atoms with Crippen molar-refractivity contribution in [1.29, 1.82) is 0 Å². The first-order valence-corrected chi connectivity index (χ1v) is 27.3. The van der Waals surface area contributed by atoms with Gasteiger partial charge in [0.05, 0.1) is 33.3 Å². The van der Waals surface area contributed by atoms with Crippen LogP contribution in [0, 0.1) is 0 Å². The molecule has 2 aliphatic carbocycles. The summed E-state index contributed by atoms with van der Waals surface area (Å²) >= 11 is 0. The van der Waals surface area contributed by atoms with Crippen molar-refractivity contribution >= 4 is 66.7 Å². The lowest BCUT2D eigenvalue weighted by atomic mass is 9.70. The maximum atomic E-state index is 10.2. The number of nitrogens with zero attached hydrogens (tertiary/aromatic N) is 3. The number of anilines is 6. The van der Waals surface area contributed by atoms with Crippen LogP contribution in [0.3, 0.4) is 0 Å². The van der Waals surface area contributed by atoms with Gasteiger partial charge in [-0.15, -0.1) is 0 Å². The second-order valence-corrected chi connectivity index (χ2v) is 20.8. The molecule has 0 N–H and O–H groups in total. The van der Waals surface area contributed by atoms with E-state index in [1.807, 2.05) is 71.6 Å². The van der Waals surface area contributed by atoms with Gasteiger partial charge in [-0.3, -0.25) is 0 Å². The number of fused-ring (bicyclic) bond motifs is 14. The van der Waals surface area contributed by atoms with Crippen molar-refractivity contribution in [3.63, 3.8) is 0 Å². The third-order valence-corrected chi connectivity index (χ3v) is 16.7. The van der Waals surface area contributed by atoms with Gasteiger partial charge >= 0.3 is 0 Å². The van der Waals surface area contributed by atoms with Crippen molar-refractivity contribution in [1.82, 2.24) is 4.57 Å². The van der Waals surface area contributed by atoms with Gasteiger partial charge in [0.25, 0.3) is 0 Å². The van der Waals surface area contributed by atoms with Gasteiger partial charge in [-0.25, -0.2) is 0 Å². The monoisotopic (exact) mass is 1020 g/mol. The van der Waals surface area contributed by atoms with Crippen LogP contribution in [0.2, 0.25) is 0 Å². The minimum atomic E-state index is -0.627. The fraction of sp³-hybridized carbons (Fsp3) is 0.0130. The van der Waals surface area contributed by atoms with Gasteiger partial charge < -0.3 is 14.4 Å². The van der Waals surface area contributed by atoms with E-state index in [9.17, 15) is 5.48 Å². The first kappa shape index (κ1) is 41.7. The Morgan fingerprint density at radius 1 is 0.275 bits per heavy atom. The van der Waals surface area contributed by atoms with Gasteiger partial charge in [-0.1, -0.05) is 224 Å². The molecule has 13 aromatic carbocycles. The third-order valence-electron chi connectivity index (χ3n) is 16.7. The Hall–Kier alpha value is -10.5. The zero-order valence-electron chi connectivity index (χ0n) is 47.5. The summed E-state index contributed by atoms with van der Waals surface area (Å²) in [5.41, 5.74) is 19.5. The molecule has 2 aliphatic rings. The van der Waals surface area contributed by atoms with E-state index in [1.54, 1.807) is 0 Å². The highest BCUT2D eigenvalue weighted by molar-refractivity contribution is 6.12. The van der Waals surface area contributed by atoms with Crippen molar-refractivity contribution in [3.8, 4) is 50.2 Å². The maximum absolute atomic E-state index is 10.2. The minimum Gasteiger partial charge on any atom is -0.310 e. The second kappa shape index (κ2) is 18.3. The number of para-hydroxylation sites is 4. The Kier molecular flexibility index (Phi) is 9.55. The molecule has 0 amide bonds. The molecular weight excluding hydrogens is 967 g/mol. The molecule has 0 saturated carbocycles. The van der Waals surface area contributed by atoms with E-state index in [-0.39, 0.29) is 35.4 Å². The van der Waals surface area contributed by atoms with E-state index in [0.29, 0.717) is 5.56 Å². The minimum absolute atomic E-state index is 0.125. The molecule has 0 unspecified atom stereocenters. The topological polar surface area (TPSA) is 11.4 Å². The molecule has 0 radical (unpaired) electrons. The highest BCUT2D eigenvalue weighted by atomic mass is 15.2. The average molecular weight is 1020 g/mol. The Balaban J connectivity index is 0.882. The lowest BCUT2D eigenvalue weighted by Gasteiger charge is -2.32. The zero-order valence-corrected chi connectivity index (χ0v) is 43.5. The highest BCUT2D eigenvalue weighted by Crippen LogP contribution is 2.63. The Morgan fingerprint density at radius 2 is 0.775 bits per heavy atom. The van der Waals surface area contributed by atoms with Gasteiger partial charge in [0.1, 0.15) is 0 Å². The summed E-state index contributed by atoms with van der Waals surface area (Å²) in [7, 11) is 0. The molecule has 1 spiro atoms. The Morgan fingerprint density at radius 3 is 1.49 bits per heavy atom. The molecule has 0 atom stereocenters. The summed E-state index contributed by atoms with van der Waals surface area (Å²) in [5.74, 6) is 0. The van der Waals surface area contributed by atoms with Gasteiger partial charge in [-0.05, 0) is 151 Å². The lowest BCUT2D eigenvalue weighted by Crippen LogP contribution is -2.26. The van der Waals surface area contributed by atoms with Crippen LogP contribution in [0.15, 0.2) is 309 Å². The van der Waals surface area contributed by atoms with E-state index in [0.717, 1.165) is 89.0 Å². The van der Waals surface area contributed by atoms with Crippen LogP contribution in [0.5, 0.6) is 0 Å². The van der Waals surface area contributed by atoms with Crippen LogP contribution in [0.25, 0.3) is 82.8 Å². The summed E-state index contributed by atoms with van der Waals surface area (Å²) in [4.78, 5) is 4.26. The van der Waals surface area contributed by atoms with Crippen molar-refractivity contribution in [2.75, 3.05) is 9.80 Å². The second-order valence-electron chi connectivity index (χ2n) is 20.8. The summed E-state index contributed by atoms with van der Waals surface area (Å²) in [6.45, 7) is 0. The van der Waals surface area contributed by atoms with E-state index < -0.39 is 5.41 Å². The molecule has 0 aliphatic heterocycles. The maximum Gasteiger partial charge on any atom is 0.0726 e. The molecule has 374 valence electrons. The van der Waals surface area contributed by atoms with Gasteiger partial charge in [0.2, 0.25) is 0 Å². The van der Waals surface area contributed by atoms with Crippen molar-refractivity contribution in [2.45, 2.75) is 5.41 Å². The Bertz CT molecular complexity index is 4880. The number of rotatable bonds is 9. The third kappa shape index (κ3) is 6.87. The van der Waals surface area contributed by atoms with Crippen LogP contribution in [0.4, 0.5) is 34.1 Å². The summed E-state index contributed by atoms with van der Waals surface area (Å²) in [5, 5.41) is 3.94. The van der Waals surface area contributed by atoms with Crippen molar-refractivity contribution < 1.29 is 5.48 Å². The van der Waals surface area contributed by atoms with Crippen LogP contribution in [0.1, 0.15) is 27.7 Å². The van der Waals surface area contributed by atoms with Gasteiger partial charge in [-0.2, -0.15) is 0 Å². The standard InChI is InChI=1S/C77H51N3/c1-4-22-52(23-5-1)60-28-13-18-39-73(60)80(57-47-49-76-68(50-57)67-32-14-19-40-74(67)79(76)55-26-8-3-9-27-55)75-41-21-34-61-59(33-20-35-66(61)75)53-42-44-56(45-43-53)78(54-24-6-2-7-25-54)58-46-48-65-64-31-12-17-38-71(64)77(72(65)51-58)69-36-15-10-29-62(69)63-30-11-16-37-70(63)77/h1-51H/i42D,43D,44D,45D. The number of hydrogen-bond donors (Lipinski definition) is 0. The quantitative estimate of drug-likeness (QED) is 0.143. The van der Waals surface area contributed by atoms with Gasteiger partial charge in [0, 0.05) is 50.2 Å². The smallest absolute Gasteiger partial charge is 0.0726 e. The normalized spacial score (nSPS) is 13.3. The molecule has 0 bridgehead atoms. The number of hydrogen-bond acceptors (Lipinski definition) is 2. The SMILES string of the molecule is [2H]c1c([2H])c(N(c2ccccc2)c2ccc3c(c2)C2(c4ccccc4-c4ccccc42)c2ccccc2-3)c([2H])c([2H])c1-c1cccc2c(N(c3ccc4c(c3)c3ccccc3n4-c3ccccc3)c3ccccc3-c3ccccc3)cccc12. The Labute approximate surface area is 471 Å². The van der Waals surface area contributed by atoms with E-state index >= 15 is 0 Å². The van der Waals surface area contributed by atoms with E-state index in [4.69, 9.17) is 0 Å². The molecule has 16 rings (SSSR count). The first-order chi connectivity index (χ1) is 41.4.